The van der Waals surface area contributed by atoms with Crippen molar-refractivity contribution in [3.63, 3.8) is 0 Å². The van der Waals surface area contributed by atoms with Crippen LogP contribution >= 0.6 is 0 Å². The highest BCUT2D eigenvalue weighted by molar-refractivity contribution is 5.99. The summed E-state index contributed by atoms with van der Waals surface area (Å²) >= 11 is 0. The standard InChI is InChI=1S/C17H19NO/c1-13-8-10-16(11-9-13)17(19)14(2)18-12-15-6-4-3-5-7-15/h3-11,14,18H,12H2,1-2H3/t14-/m0/s1. The van der Waals surface area contributed by atoms with Crippen LogP contribution in [0.15, 0.2) is 54.6 Å². The van der Waals surface area contributed by atoms with Crippen molar-refractivity contribution in [3.05, 3.63) is 71.3 Å². The van der Waals surface area contributed by atoms with Gasteiger partial charge >= 0.3 is 0 Å². The first-order chi connectivity index (χ1) is 9.16. The molecule has 1 atom stereocenters. The van der Waals surface area contributed by atoms with E-state index in [1.165, 1.54) is 11.1 Å². The Bertz CT molecular complexity index is 531. The Balaban J connectivity index is 1.94. The third-order valence-electron chi connectivity index (χ3n) is 3.18. The lowest BCUT2D eigenvalue weighted by Gasteiger charge is -2.13. The predicted molar refractivity (Wildman–Crippen MR) is 78.3 cm³/mol. The number of aryl methyl sites for hydroxylation is 1. The van der Waals surface area contributed by atoms with Crippen molar-refractivity contribution in [2.45, 2.75) is 26.4 Å². The van der Waals surface area contributed by atoms with Gasteiger partial charge in [0.1, 0.15) is 0 Å². The molecular weight excluding hydrogens is 234 g/mol. The molecule has 0 spiro atoms. The summed E-state index contributed by atoms with van der Waals surface area (Å²) in [5.41, 5.74) is 3.12. The maximum Gasteiger partial charge on any atom is 0.179 e. The van der Waals surface area contributed by atoms with Gasteiger partial charge in [-0.1, -0.05) is 60.2 Å². The lowest BCUT2D eigenvalue weighted by atomic mass is 10.0. The molecule has 19 heavy (non-hydrogen) atoms. The van der Waals surface area contributed by atoms with Gasteiger partial charge < -0.3 is 5.32 Å². The Morgan fingerprint density at radius 2 is 1.68 bits per heavy atom. The first-order valence-electron chi connectivity index (χ1n) is 6.55. The first kappa shape index (κ1) is 13.5. The predicted octanol–water partition coefficient (Wildman–Crippen LogP) is 3.36. The summed E-state index contributed by atoms with van der Waals surface area (Å²) in [5.74, 6) is 0.135. The Kier molecular flexibility index (Phi) is 4.48. The second-order valence-corrected chi connectivity index (χ2v) is 4.82. The molecule has 0 bridgehead atoms. The average Bonchev–Trinajstić information content (AvgIpc) is 2.46. The number of Topliss-reactive ketones (excluding diaryl/α,β-unsaturated/α-hetero) is 1. The second-order valence-electron chi connectivity index (χ2n) is 4.82. The number of hydrogen-bond acceptors (Lipinski definition) is 2. The zero-order valence-corrected chi connectivity index (χ0v) is 11.4. The van der Waals surface area contributed by atoms with E-state index in [1.54, 1.807) is 0 Å². The van der Waals surface area contributed by atoms with Crippen molar-refractivity contribution in [3.8, 4) is 0 Å². The molecule has 0 unspecified atom stereocenters. The summed E-state index contributed by atoms with van der Waals surface area (Å²) in [4.78, 5) is 12.2. The topological polar surface area (TPSA) is 29.1 Å². The normalized spacial score (nSPS) is 12.1. The number of hydrogen-bond donors (Lipinski definition) is 1. The molecule has 0 heterocycles. The highest BCUT2D eigenvalue weighted by Gasteiger charge is 2.14. The van der Waals surface area contributed by atoms with E-state index in [0.29, 0.717) is 6.54 Å². The maximum atomic E-state index is 12.2. The number of ketones is 1. The zero-order chi connectivity index (χ0) is 13.7. The summed E-state index contributed by atoms with van der Waals surface area (Å²) in [7, 11) is 0. The minimum Gasteiger partial charge on any atom is -0.303 e. The van der Waals surface area contributed by atoms with Gasteiger partial charge in [-0.25, -0.2) is 0 Å². The maximum absolute atomic E-state index is 12.2. The monoisotopic (exact) mass is 253 g/mol. The molecule has 0 aliphatic carbocycles. The van der Waals surface area contributed by atoms with E-state index in [1.807, 2.05) is 56.3 Å². The molecule has 0 fully saturated rings. The fraction of sp³-hybridized carbons (Fsp3) is 0.235. The van der Waals surface area contributed by atoms with Crippen molar-refractivity contribution in [1.82, 2.24) is 5.32 Å². The van der Waals surface area contributed by atoms with Crippen LogP contribution in [0.5, 0.6) is 0 Å². The number of benzene rings is 2. The molecule has 0 radical (unpaired) electrons. The van der Waals surface area contributed by atoms with Crippen LogP contribution in [0.25, 0.3) is 0 Å². The van der Waals surface area contributed by atoms with Gasteiger partial charge in [-0.15, -0.1) is 0 Å². The smallest absolute Gasteiger partial charge is 0.179 e. The molecule has 2 heteroatoms. The Labute approximate surface area is 114 Å². The van der Waals surface area contributed by atoms with Gasteiger partial charge in [0, 0.05) is 12.1 Å². The van der Waals surface area contributed by atoms with Gasteiger partial charge in [-0.2, -0.15) is 0 Å². The van der Waals surface area contributed by atoms with Gasteiger partial charge in [0.05, 0.1) is 6.04 Å². The van der Waals surface area contributed by atoms with Crippen LogP contribution < -0.4 is 5.32 Å². The van der Waals surface area contributed by atoms with Crippen LogP contribution in [0.3, 0.4) is 0 Å². The van der Waals surface area contributed by atoms with Crippen molar-refractivity contribution in [2.75, 3.05) is 0 Å². The third kappa shape index (κ3) is 3.76. The van der Waals surface area contributed by atoms with E-state index < -0.39 is 0 Å². The molecule has 0 aromatic heterocycles. The highest BCUT2D eigenvalue weighted by Crippen LogP contribution is 2.07. The van der Waals surface area contributed by atoms with E-state index in [9.17, 15) is 4.79 Å². The molecule has 2 aromatic carbocycles. The van der Waals surface area contributed by atoms with Gasteiger partial charge in [-0.3, -0.25) is 4.79 Å². The van der Waals surface area contributed by atoms with E-state index >= 15 is 0 Å². The summed E-state index contributed by atoms with van der Waals surface area (Å²) < 4.78 is 0. The number of carbonyl (C=O) groups excluding carboxylic acids is 1. The summed E-state index contributed by atoms with van der Waals surface area (Å²) in [5, 5.41) is 3.26. The minimum atomic E-state index is -0.178. The van der Waals surface area contributed by atoms with Crippen LogP contribution in [0.1, 0.15) is 28.4 Å². The van der Waals surface area contributed by atoms with E-state index in [2.05, 4.69) is 17.4 Å². The molecule has 98 valence electrons. The highest BCUT2D eigenvalue weighted by atomic mass is 16.1. The molecule has 0 saturated heterocycles. The Hall–Kier alpha value is -1.93. The van der Waals surface area contributed by atoms with Crippen LogP contribution in [0.4, 0.5) is 0 Å². The lowest BCUT2D eigenvalue weighted by Crippen LogP contribution is -2.33. The molecule has 2 rings (SSSR count). The Morgan fingerprint density at radius 1 is 1.05 bits per heavy atom. The zero-order valence-electron chi connectivity index (χ0n) is 11.4. The molecule has 2 aromatic rings. The van der Waals surface area contributed by atoms with Gasteiger partial charge in [0.2, 0.25) is 0 Å². The lowest BCUT2D eigenvalue weighted by molar-refractivity contribution is 0.0950. The van der Waals surface area contributed by atoms with E-state index in [4.69, 9.17) is 0 Å². The largest absolute Gasteiger partial charge is 0.303 e. The van der Waals surface area contributed by atoms with Crippen molar-refractivity contribution < 1.29 is 4.79 Å². The van der Waals surface area contributed by atoms with E-state index in [-0.39, 0.29) is 11.8 Å². The minimum absolute atomic E-state index is 0.135. The van der Waals surface area contributed by atoms with Crippen molar-refractivity contribution in [2.24, 2.45) is 0 Å². The summed E-state index contributed by atoms with van der Waals surface area (Å²) in [6, 6.07) is 17.6. The molecule has 0 saturated carbocycles. The fourth-order valence-electron chi connectivity index (χ4n) is 1.93. The first-order valence-corrected chi connectivity index (χ1v) is 6.55. The van der Waals surface area contributed by atoms with Crippen LogP contribution in [0.2, 0.25) is 0 Å². The van der Waals surface area contributed by atoms with Gasteiger partial charge in [0.25, 0.3) is 0 Å². The number of rotatable bonds is 5. The second kappa shape index (κ2) is 6.30. The van der Waals surface area contributed by atoms with E-state index in [0.717, 1.165) is 5.56 Å². The van der Waals surface area contributed by atoms with Crippen LogP contribution in [-0.4, -0.2) is 11.8 Å². The number of nitrogens with one attached hydrogen (secondary N) is 1. The SMILES string of the molecule is Cc1ccc(C(=O)[C@H](C)NCc2ccccc2)cc1. The fourth-order valence-corrected chi connectivity index (χ4v) is 1.93. The number of carbonyl (C=O) groups is 1. The summed E-state index contributed by atoms with van der Waals surface area (Å²) in [6.07, 6.45) is 0. The molecular formula is C17H19NO. The van der Waals surface area contributed by atoms with Crippen LogP contribution in [0, 0.1) is 6.92 Å². The van der Waals surface area contributed by atoms with Crippen molar-refractivity contribution >= 4 is 5.78 Å². The average molecular weight is 253 g/mol. The van der Waals surface area contributed by atoms with Gasteiger partial charge in [0.15, 0.2) is 5.78 Å². The van der Waals surface area contributed by atoms with Crippen LogP contribution in [-0.2, 0) is 6.54 Å². The van der Waals surface area contributed by atoms with Gasteiger partial charge in [-0.05, 0) is 19.4 Å². The Morgan fingerprint density at radius 3 is 2.32 bits per heavy atom. The molecule has 2 nitrogen and oxygen atoms in total. The summed E-state index contributed by atoms with van der Waals surface area (Å²) in [6.45, 7) is 4.63. The quantitative estimate of drug-likeness (QED) is 0.828. The molecule has 0 amide bonds. The molecule has 0 aliphatic rings. The third-order valence-corrected chi connectivity index (χ3v) is 3.18. The molecule has 1 N–H and O–H groups in total. The van der Waals surface area contributed by atoms with Crippen molar-refractivity contribution in [1.29, 1.82) is 0 Å². The molecule has 0 aliphatic heterocycles.